The molecule has 2 aliphatic rings. The van der Waals surface area contributed by atoms with E-state index >= 15 is 0 Å². The maximum Gasteiger partial charge on any atom is 0.397 e. The first kappa shape index (κ1) is 14.0. The monoisotopic (exact) mass is 300 g/mol. The van der Waals surface area contributed by atoms with Crippen LogP contribution in [-0.4, -0.2) is 36.8 Å². The van der Waals surface area contributed by atoms with Crippen molar-refractivity contribution >= 4 is 10.4 Å². The standard InChI is InChI=1S/C13H17NO5S/c1-2-11(19-20(15,16)17)9-14-8-7-10-5-3-4-6-12(10)13(14)18-14/h3-6,11,13H,2,7-9H2,1H3/p+1. The van der Waals surface area contributed by atoms with Crippen molar-refractivity contribution in [3.63, 3.8) is 0 Å². The third-order valence-electron chi connectivity index (χ3n) is 4.00. The number of rotatable bonds is 5. The molecular weight excluding hydrogens is 282 g/mol. The van der Waals surface area contributed by atoms with Gasteiger partial charge in [0.05, 0.1) is 0 Å². The van der Waals surface area contributed by atoms with Gasteiger partial charge in [-0.15, -0.1) is 9.48 Å². The third-order valence-corrected chi connectivity index (χ3v) is 4.51. The van der Waals surface area contributed by atoms with Gasteiger partial charge in [-0.3, -0.25) is 4.55 Å². The lowest BCUT2D eigenvalue weighted by Crippen LogP contribution is -2.40. The van der Waals surface area contributed by atoms with Gasteiger partial charge in [-0.1, -0.05) is 25.1 Å². The highest BCUT2D eigenvalue weighted by Gasteiger charge is 2.63. The lowest BCUT2D eigenvalue weighted by molar-refractivity contribution is -0.927. The molecule has 0 aromatic heterocycles. The molecule has 110 valence electrons. The quantitative estimate of drug-likeness (QED) is 0.508. The third kappa shape index (κ3) is 2.59. The van der Waals surface area contributed by atoms with Crippen LogP contribution in [0.5, 0.6) is 0 Å². The van der Waals surface area contributed by atoms with Crippen LogP contribution in [-0.2, 0) is 25.8 Å². The zero-order valence-corrected chi connectivity index (χ0v) is 12.0. The molecule has 0 saturated carbocycles. The van der Waals surface area contributed by atoms with E-state index in [-0.39, 0.29) is 6.23 Å². The highest BCUT2D eigenvalue weighted by molar-refractivity contribution is 7.80. The van der Waals surface area contributed by atoms with E-state index in [1.54, 1.807) is 0 Å². The molecule has 2 heterocycles. The van der Waals surface area contributed by atoms with Gasteiger partial charge < -0.3 is 0 Å². The number of quaternary nitrogens is 1. The van der Waals surface area contributed by atoms with Crippen LogP contribution in [0.3, 0.4) is 0 Å². The van der Waals surface area contributed by atoms with Crippen molar-refractivity contribution in [2.45, 2.75) is 32.1 Å². The minimum atomic E-state index is -4.42. The summed E-state index contributed by atoms with van der Waals surface area (Å²) in [6.07, 6.45) is 0.797. The summed E-state index contributed by atoms with van der Waals surface area (Å²) in [6.45, 7) is 3.05. The summed E-state index contributed by atoms with van der Waals surface area (Å²) >= 11 is 0. The molecule has 1 aromatic carbocycles. The van der Waals surface area contributed by atoms with Gasteiger partial charge >= 0.3 is 16.6 Å². The van der Waals surface area contributed by atoms with Crippen LogP contribution in [0, 0.1) is 0 Å². The summed E-state index contributed by atoms with van der Waals surface area (Å²) in [5, 5.41) is 0. The van der Waals surface area contributed by atoms with Crippen molar-refractivity contribution in [1.29, 1.82) is 0 Å². The van der Waals surface area contributed by atoms with E-state index in [1.807, 2.05) is 25.1 Å². The second-order valence-electron chi connectivity index (χ2n) is 5.32. The Bertz CT molecular complexity index is 617. The first-order chi connectivity index (χ1) is 9.43. The predicted molar refractivity (Wildman–Crippen MR) is 70.7 cm³/mol. The van der Waals surface area contributed by atoms with E-state index in [2.05, 4.69) is 6.07 Å². The summed E-state index contributed by atoms with van der Waals surface area (Å²) < 4.78 is 35.6. The predicted octanol–water partition coefficient (Wildman–Crippen LogP) is 1.60. The molecule has 2 aliphatic heterocycles. The fraction of sp³-hybridized carbons (Fsp3) is 0.538. The van der Waals surface area contributed by atoms with E-state index in [4.69, 9.17) is 13.6 Å². The highest BCUT2D eigenvalue weighted by atomic mass is 32.3. The number of hydrogen-bond acceptors (Lipinski definition) is 4. The second-order valence-corrected chi connectivity index (χ2v) is 6.37. The van der Waals surface area contributed by atoms with Gasteiger partial charge in [0.25, 0.3) is 0 Å². The normalized spacial score (nSPS) is 29.4. The van der Waals surface area contributed by atoms with E-state index in [1.165, 1.54) is 11.1 Å². The Morgan fingerprint density at radius 1 is 1.50 bits per heavy atom. The van der Waals surface area contributed by atoms with Crippen molar-refractivity contribution in [1.82, 2.24) is 0 Å². The molecule has 3 atom stereocenters. The van der Waals surface area contributed by atoms with Gasteiger partial charge in [-0.05, 0) is 18.1 Å². The first-order valence-electron chi connectivity index (χ1n) is 6.72. The molecule has 0 amide bonds. The molecule has 1 saturated heterocycles. The van der Waals surface area contributed by atoms with Gasteiger partial charge in [0, 0.05) is 12.0 Å². The summed E-state index contributed by atoms with van der Waals surface area (Å²) in [4.78, 5) is 5.82. The molecule has 3 unspecified atom stereocenters. The molecule has 1 fully saturated rings. The Morgan fingerprint density at radius 2 is 2.25 bits per heavy atom. The summed E-state index contributed by atoms with van der Waals surface area (Å²) in [5.41, 5.74) is 2.45. The summed E-state index contributed by atoms with van der Waals surface area (Å²) in [7, 11) is -4.42. The minimum absolute atomic E-state index is 0.0287. The zero-order chi connectivity index (χ0) is 14.4. The number of nitrogens with zero attached hydrogens (tertiary/aromatic N) is 1. The second kappa shape index (κ2) is 4.78. The highest BCUT2D eigenvalue weighted by Crippen LogP contribution is 2.51. The van der Waals surface area contributed by atoms with E-state index in [0.717, 1.165) is 13.0 Å². The van der Waals surface area contributed by atoms with Gasteiger partial charge in [-0.2, -0.15) is 8.42 Å². The minimum Gasteiger partial charge on any atom is -0.264 e. The van der Waals surface area contributed by atoms with Crippen LogP contribution in [0.15, 0.2) is 24.3 Å². The van der Waals surface area contributed by atoms with Crippen molar-refractivity contribution in [2.75, 3.05) is 13.1 Å². The Hall–Kier alpha value is -0.990. The molecule has 3 rings (SSSR count). The molecule has 1 N–H and O–H groups in total. The maximum absolute atomic E-state index is 10.8. The van der Waals surface area contributed by atoms with Gasteiger partial charge in [0.1, 0.15) is 19.2 Å². The van der Waals surface area contributed by atoms with Crippen LogP contribution < -0.4 is 0 Å². The van der Waals surface area contributed by atoms with Crippen LogP contribution >= 0.6 is 0 Å². The van der Waals surface area contributed by atoms with Crippen molar-refractivity contribution in [3.05, 3.63) is 35.4 Å². The van der Waals surface area contributed by atoms with Gasteiger partial charge in [0.2, 0.25) is 0 Å². The molecule has 7 heteroatoms. The Labute approximate surface area is 118 Å². The van der Waals surface area contributed by atoms with E-state index in [9.17, 15) is 8.42 Å². The smallest absolute Gasteiger partial charge is 0.264 e. The maximum atomic E-state index is 10.8. The largest absolute Gasteiger partial charge is 0.397 e. The topological polar surface area (TPSA) is 76.1 Å². The van der Waals surface area contributed by atoms with Crippen LogP contribution in [0.4, 0.5) is 0 Å². The molecule has 0 spiro atoms. The molecule has 0 radical (unpaired) electrons. The van der Waals surface area contributed by atoms with Gasteiger partial charge in [0.15, 0.2) is 0 Å². The number of hydroxylamine groups is 3. The SMILES string of the molecule is CCC(C[N+]12CCc3ccccc3C1O2)OS(=O)(=O)O. The van der Waals surface area contributed by atoms with E-state index < -0.39 is 16.5 Å². The molecular formula is C13H18NO5S+. The fourth-order valence-corrected chi connectivity index (χ4v) is 3.48. The average molecular weight is 300 g/mol. The molecule has 0 bridgehead atoms. The molecule has 20 heavy (non-hydrogen) atoms. The van der Waals surface area contributed by atoms with Gasteiger partial charge in [-0.25, -0.2) is 4.18 Å². The zero-order valence-electron chi connectivity index (χ0n) is 11.2. The molecule has 1 aromatic rings. The Morgan fingerprint density at radius 3 is 2.95 bits per heavy atom. The molecule has 0 aliphatic carbocycles. The fourth-order valence-electron chi connectivity index (χ4n) is 2.94. The summed E-state index contributed by atoms with van der Waals surface area (Å²) in [5.74, 6) is 0. The first-order valence-corrected chi connectivity index (χ1v) is 8.09. The van der Waals surface area contributed by atoms with Crippen LogP contribution in [0.25, 0.3) is 0 Å². The summed E-state index contributed by atoms with van der Waals surface area (Å²) in [6, 6.07) is 8.13. The Kier molecular flexibility index (Phi) is 3.34. The van der Waals surface area contributed by atoms with Crippen LogP contribution in [0.1, 0.15) is 30.7 Å². The Balaban J connectivity index is 1.74. The lowest BCUT2D eigenvalue weighted by atomic mass is 9.99. The van der Waals surface area contributed by atoms with Crippen molar-refractivity contribution in [3.8, 4) is 0 Å². The molecule has 6 nitrogen and oxygen atoms in total. The average Bonchev–Trinajstić information content (AvgIpc) is 3.11. The lowest BCUT2D eigenvalue weighted by Gasteiger charge is -2.22. The van der Waals surface area contributed by atoms with Crippen LogP contribution in [0.2, 0.25) is 0 Å². The van der Waals surface area contributed by atoms with E-state index in [0.29, 0.717) is 17.6 Å². The number of benzene rings is 1. The van der Waals surface area contributed by atoms with Crippen molar-refractivity contribution < 1.29 is 26.6 Å². The van der Waals surface area contributed by atoms with Crippen molar-refractivity contribution in [2.24, 2.45) is 0 Å². The number of fused-ring (bicyclic) bond motifs is 3. The number of hydrogen-bond donors (Lipinski definition) is 1.